The van der Waals surface area contributed by atoms with Crippen LogP contribution in [0.4, 0.5) is 49.3 Å². The molecule has 0 unspecified atom stereocenters. The fourth-order valence-electron chi connectivity index (χ4n) is 16.9. The van der Waals surface area contributed by atoms with Crippen LogP contribution in [0.25, 0.3) is 0 Å². The summed E-state index contributed by atoms with van der Waals surface area (Å²) in [5.41, 5.74) is 17.3. The molecule has 5 aliphatic carbocycles. The largest absolute Gasteiger partial charge is 0.479 e. The molecule has 4 saturated heterocycles. The van der Waals surface area contributed by atoms with Crippen LogP contribution >= 0.6 is 0 Å². The van der Waals surface area contributed by atoms with Gasteiger partial charge in [-0.2, -0.15) is 9.97 Å². The standard InChI is InChI=1S/2C24H32N6O2.C23H30N6O2/c2*1-28(2)24(18-10-5-4-6-11-18)14-23(15-24)16-29(19-12-26-21(25)27-20(19)32-3)22(31)30(23)13-17-8-7-9-17;1-17-19(13-24-20(25-17)28-9-11-31-12-10-28)29-16-22(26-21(29)30)14-23(15-22,27(2)3)18-7-5-4-6-8-18/h2*4-6,10-12,17H,7-9,13-16H2,1-3H3,(H2,25,26,27);4-8,13H,9-12,14-16H2,1-3H3,(H,26,30). The van der Waals surface area contributed by atoms with Gasteiger partial charge < -0.3 is 45.7 Å². The molecule has 3 spiro atoms. The van der Waals surface area contributed by atoms with Gasteiger partial charge in [0.15, 0.2) is 0 Å². The molecule has 6 aromatic rings. The molecule has 3 aromatic heterocycles. The van der Waals surface area contributed by atoms with Crippen LogP contribution in [-0.4, -0.2) is 205 Å². The topological polar surface area (TPSA) is 249 Å². The lowest BCUT2D eigenvalue weighted by Gasteiger charge is -2.61. The zero-order chi connectivity index (χ0) is 66.7. The van der Waals surface area contributed by atoms with Crippen LogP contribution < -0.4 is 45.9 Å². The number of hydrogen-bond donors (Lipinski definition) is 3. The number of ether oxygens (including phenoxy) is 3. The van der Waals surface area contributed by atoms with Gasteiger partial charge >= 0.3 is 18.1 Å². The van der Waals surface area contributed by atoms with E-state index in [1.165, 1.54) is 55.2 Å². The quantitative estimate of drug-likeness (QED) is 0.0823. The highest BCUT2D eigenvalue weighted by atomic mass is 16.5. The minimum absolute atomic E-state index is 0.0176. The Bertz CT molecular complexity index is 3570. The molecule has 504 valence electrons. The third-order valence-electron chi connectivity index (χ3n) is 22.6. The molecule has 5 N–H and O–H groups in total. The van der Waals surface area contributed by atoms with Gasteiger partial charge in [-0.25, -0.2) is 34.3 Å². The summed E-state index contributed by atoms with van der Waals surface area (Å²) in [6.45, 7) is 8.37. The Labute approximate surface area is 558 Å². The molecule has 3 aromatic carbocycles. The van der Waals surface area contributed by atoms with E-state index < -0.39 is 0 Å². The van der Waals surface area contributed by atoms with Crippen molar-refractivity contribution in [2.75, 3.05) is 147 Å². The van der Waals surface area contributed by atoms with Crippen molar-refractivity contribution in [2.45, 2.75) is 117 Å². The number of carbonyl (C=O) groups excluding carboxylic acids is 3. The number of rotatable bonds is 16. The summed E-state index contributed by atoms with van der Waals surface area (Å²) in [5.74, 6) is 2.84. The number of morpholine rings is 1. The summed E-state index contributed by atoms with van der Waals surface area (Å²) >= 11 is 0. The van der Waals surface area contributed by atoms with Crippen LogP contribution in [0.15, 0.2) is 110 Å². The van der Waals surface area contributed by atoms with Crippen molar-refractivity contribution < 1.29 is 28.6 Å². The zero-order valence-corrected chi connectivity index (χ0v) is 56.7. The molecule has 95 heavy (non-hydrogen) atoms. The molecule has 4 aliphatic heterocycles. The Balaban J connectivity index is 0.000000129. The Morgan fingerprint density at radius 1 is 0.537 bits per heavy atom. The first kappa shape index (κ1) is 65.2. The van der Waals surface area contributed by atoms with Crippen molar-refractivity contribution in [2.24, 2.45) is 11.8 Å². The van der Waals surface area contributed by atoms with E-state index in [0.717, 1.165) is 76.1 Å². The van der Waals surface area contributed by atoms with E-state index in [2.05, 4.69) is 187 Å². The molecule has 24 nitrogen and oxygen atoms in total. The molecule has 0 radical (unpaired) electrons. The van der Waals surface area contributed by atoms with Crippen molar-refractivity contribution in [3.05, 3.63) is 132 Å². The second kappa shape index (κ2) is 25.6. The SMILES string of the molecule is COc1nc(N)ncc1N1CC2(CC(c3ccccc3)(N(C)C)C2)N(CC2CCC2)C1=O.COc1nc(N)ncc1N1CC2(CC(c3ccccc3)(N(C)C)C2)N(CC2CCC2)C1=O.Cc1nc(N2CCOCC2)ncc1N1CC2(CC(c3ccccc3)(N(C)C)C2)NC1=O. The first-order valence-corrected chi connectivity index (χ1v) is 33.7. The fraction of sp³-hybridized carbons (Fsp3) is 0.535. The molecule has 15 rings (SSSR count). The van der Waals surface area contributed by atoms with E-state index in [9.17, 15) is 14.4 Å². The van der Waals surface area contributed by atoms with Gasteiger partial charge in [0.25, 0.3) is 0 Å². The lowest BCUT2D eigenvalue weighted by molar-refractivity contribution is -0.0730. The Morgan fingerprint density at radius 3 is 1.31 bits per heavy atom. The van der Waals surface area contributed by atoms with Gasteiger partial charge in [0.1, 0.15) is 11.4 Å². The van der Waals surface area contributed by atoms with Crippen LogP contribution in [0.2, 0.25) is 0 Å². The molecular formula is C71H94N18O6. The van der Waals surface area contributed by atoms with Crippen LogP contribution in [0, 0.1) is 18.8 Å². The van der Waals surface area contributed by atoms with Gasteiger partial charge in [0.05, 0.1) is 110 Å². The Hall–Kier alpha value is -8.45. The number of nitrogen functional groups attached to an aromatic ring is 2. The van der Waals surface area contributed by atoms with Gasteiger partial charge in [-0.1, -0.05) is 104 Å². The number of hydrogen-bond acceptors (Lipinski definition) is 18. The van der Waals surface area contributed by atoms with Gasteiger partial charge in [0, 0.05) is 26.2 Å². The average Bonchev–Trinajstić information content (AvgIpc) is 1.62. The molecule has 0 bridgehead atoms. The summed E-state index contributed by atoms with van der Waals surface area (Å²) in [6.07, 6.45) is 17.7. The molecule has 9 fully saturated rings. The summed E-state index contributed by atoms with van der Waals surface area (Å²) in [6, 6.07) is 31.9. The maximum Gasteiger partial charge on any atom is 0.325 e. The van der Waals surface area contributed by atoms with Crippen molar-refractivity contribution in [1.82, 2.24) is 59.7 Å². The van der Waals surface area contributed by atoms with Crippen molar-refractivity contribution in [3.63, 3.8) is 0 Å². The number of benzene rings is 3. The Morgan fingerprint density at radius 2 is 0.937 bits per heavy atom. The minimum Gasteiger partial charge on any atom is -0.479 e. The second-order valence-corrected chi connectivity index (χ2v) is 28.7. The zero-order valence-electron chi connectivity index (χ0n) is 56.7. The minimum atomic E-state index is -0.230. The molecule has 24 heteroatoms. The molecule has 7 heterocycles. The van der Waals surface area contributed by atoms with Crippen molar-refractivity contribution >= 4 is 53.0 Å². The van der Waals surface area contributed by atoms with Gasteiger partial charge in [-0.15, -0.1) is 0 Å². The monoisotopic (exact) mass is 1290 g/mol. The fourth-order valence-corrected chi connectivity index (χ4v) is 16.9. The van der Waals surface area contributed by atoms with Crippen LogP contribution in [-0.2, 0) is 21.4 Å². The first-order valence-electron chi connectivity index (χ1n) is 33.7. The number of nitrogens with two attached hydrogens (primary N) is 2. The molecule has 6 amide bonds. The number of urea groups is 3. The lowest BCUT2D eigenvalue weighted by atomic mass is 9.58. The molecule has 9 aliphatic rings. The van der Waals surface area contributed by atoms with E-state index in [1.807, 2.05) is 17.9 Å². The van der Waals surface area contributed by atoms with Crippen LogP contribution in [0.1, 0.15) is 99.4 Å². The van der Waals surface area contributed by atoms with E-state index in [-0.39, 0.29) is 63.2 Å². The average molecular weight is 1300 g/mol. The number of aryl methyl sites for hydroxylation is 1. The normalized spacial score (nSPS) is 27.9. The van der Waals surface area contributed by atoms with Gasteiger partial charge in [-0.3, -0.25) is 29.4 Å². The summed E-state index contributed by atoms with van der Waals surface area (Å²) in [7, 11) is 15.9. The third kappa shape index (κ3) is 11.6. The highest BCUT2D eigenvalue weighted by molar-refractivity contribution is 5.98. The molecule has 0 atom stereocenters. The second-order valence-electron chi connectivity index (χ2n) is 28.7. The van der Waals surface area contributed by atoms with E-state index in [0.29, 0.717) is 73.8 Å². The summed E-state index contributed by atoms with van der Waals surface area (Å²) in [5, 5.41) is 3.28. The predicted molar refractivity (Wildman–Crippen MR) is 367 cm³/mol. The molecule has 5 saturated carbocycles. The van der Waals surface area contributed by atoms with E-state index in [1.54, 1.807) is 42.6 Å². The van der Waals surface area contributed by atoms with E-state index >= 15 is 0 Å². The number of methoxy groups -OCH3 is 2. The number of aromatic nitrogens is 6. The van der Waals surface area contributed by atoms with Crippen molar-refractivity contribution in [1.29, 1.82) is 0 Å². The van der Waals surface area contributed by atoms with Gasteiger partial charge in [0.2, 0.25) is 29.6 Å². The van der Waals surface area contributed by atoms with Crippen LogP contribution in [0.5, 0.6) is 11.8 Å². The Kier molecular flexibility index (Phi) is 17.6. The number of nitrogens with zero attached hydrogens (tertiary/aromatic N) is 15. The third-order valence-corrected chi connectivity index (χ3v) is 22.6. The lowest BCUT2D eigenvalue weighted by Crippen LogP contribution is -2.68. The smallest absolute Gasteiger partial charge is 0.325 e. The summed E-state index contributed by atoms with van der Waals surface area (Å²) < 4.78 is 16.3. The highest BCUT2D eigenvalue weighted by Crippen LogP contribution is 2.60. The van der Waals surface area contributed by atoms with Crippen molar-refractivity contribution in [3.8, 4) is 11.8 Å². The number of amides is 6. The number of anilines is 6. The predicted octanol–water partition coefficient (Wildman–Crippen LogP) is 8.34. The maximum absolute atomic E-state index is 13.8. The number of nitrogens with one attached hydrogen (secondary N) is 1. The van der Waals surface area contributed by atoms with Crippen LogP contribution in [0.3, 0.4) is 0 Å². The maximum atomic E-state index is 13.8. The summed E-state index contributed by atoms with van der Waals surface area (Å²) in [4.78, 5) is 85.1. The van der Waals surface area contributed by atoms with E-state index in [4.69, 9.17) is 30.7 Å². The molecular weight excluding hydrogens is 1200 g/mol. The highest BCUT2D eigenvalue weighted by Gasteiger charge is 2.67. The number of carbonyl (C=O) groups is 3. The van der Waals surface area contributed by atoms with Gasteiger partial charge in [-0.05, 0) is 142 Å². The first-order chi connectivity index (χ1) is 45.7.